The van der Waals surface area contributed by atoms with Gasteiger partial charge in [0.05, 0.1) is 23.2 Å². The lowest BCUT2D eigenvalue weighted by molar-refractivity contribution is -0.138. The van der Waals surface area contributed by atoms with Gasteiger partial charge in [0.15, 0.2) is 0 Å². The smallest absolute Gasteiger partial charge is 0.416 e. The Morgan fingerprint density at radius 3 is 2.56 bits per heavy atom. The molecule has 0 bridgehead atoms. The first-order valence-corrected chi connectivity index (χ1v) is 12.2. The monoisotopic (exact) mass is 503 g/mol. The van der Waals surface area contributed by atoms with Crippen LogP contribution in [0.5, 0.6) is 5.75 Å². The largest absolute Gasteiger partial charge is 0.494 e. The molecule has 2 N–H and O–H groups in total. The average molecular weight is 504 g/mol. The molecule has 1 fully saturated rings. The zero-order chi connectivity index (χ0) is 26.1. The molecular formula is C27H32F3N3O3. The minimum absolute atomic E-state index is 0.0354. The number of fused-ring (bicyclic) bond motifs is 1. The van der Waals surface area contributed by atoms with E-state index in [1.807, 2.05) is 18.2 Å². The van der Waals surface area contributed by atoms with Crippen LogP contribution in [0.15, 0.2) is 42.5 Å². The number of aromatic nitrogens is 2. The molecule has 9 heteroatoms. The van der Waals surface area contributed by atoms with Gasteiger partial charge in [-0.1, -0.05) is 20.8 Å². The van der Waals surface area contributed by atoms with E-state index >= 15 is 0 Å². The van der Waals surface area contributed by atoms with Crippen LogP contribution in [0.3, 0.4) is 0 Å². The zero-order valence-corrected chi connectivity index (χ0v) is 20.7. The van der Waals surface area contributed by atoms with Gasteiger partial charge in [0.2, 0.25) is 5.95 Å². The fraction of sp³-hybridized carbons (Fsp3) is 0.481. The predicted molar refractivity (Wildman–Crippen MR) is 133 cm³/mol. The minimum atomic E-state index is -4.39. The van der Waals surface area contributed by atoms with Gasteiger partial charge in [-0.15, -0.1) is 0 Å². The summed E-state index contributed by atoms with van der Waals surface area (Å²) in [5.41, 5.74) is 1.59. The topological polar surface area (TPSA) is 76.4 Å². The number of nitrogens with zero attached hydrogens (tertiary/aromatic N) is 2. The lowest BCUT2D eigenvalue weighted by Gasteiger charge is -2.40. The van der Waals surface area contributed by atoms with Crippen molar-refractivity contribution in [1.82, 2.24) is 9.55 Å². The molecule has 2 aromatic carbocycles. The van der Waals surface area contributed by atoms with Crippen molar-refractivity contribution in [3.8, 4) is 5.75 Å². The highest BCUT2D eigenvalue weighted by Gasteiger charge is 2.35. The Morgan fingerprint density at radius 1 is 1.19 bits per heavy atom. The van der Waals surface area contributed by atoms with Gasteiger partial charge in [-0.3, -0.25) is 4.79 Å². The number of carbonyl (C=O) groups is 1. The number of rotatable bonds is 8. The number of alkyl halides is 3. The van der Waals surface area contributed by atoms with Crippen molar-refractivity contribution >= 4 is 28.6 Å². The van der Waals surface area contributed by atoms with Gasteiger partial charge >= 0.3 is 12.1 Å². The van der Waals surface area contributed by atoms with Crippen molar-refractivity contribution in [2.24, 2.45) is 11.3 Å². The molecule has 2 atom stereocenters. The highest BCUT2D eigenvalue weighted by molar-refractivity contribution is 5.81. The second kappa shape index (κ2) is 10.0. The van der Waals surface area contributed by atoms with E-state index in [1.54, 1.807) is 0 Å². The third kappa shape index (κ3) is 6.12. The van der Waals surface area contributed by atoms with Crippen LogP contribution in [0, 0.1) is 11.3 Å². The van der Waals surface area contributed by atoms with Gasteiger partial charge in [0.1, 0.15) is 5.75 Å². The minimum Gasteiger partial charge on any atom is -0.494 e. The van der Waals surface area contributed by atoms with Crippen LogP contribution >= 0.6 is 0 Å². The van der Waals surface area contributed by atoms with Crippen molar-refractivity contribution in [2.75, 3.05) is 11.9 Å². The molecular weight excluding hydrogens is 471 g/mol. The van der Waals surface area contributed by atoms with Crippen molar-refractivity contribution in [3.63, 3.8) is 0 Å². The number of ether oxygens (including phenoxy) is 1. The predicted octanol–water partition coefficient (Wildman–Crippen LogP) is 7.43. The summed E-state index contributed by atoms with van der Waals surface area (Å²) < 4.78 is 46.9. The molecule has 0 radical (unpaired) electrons. The van der Waals surface area contributed by atoms with Crippen molar-refractivity contribution in [3.05, 3.63) is 48.0 Å². The molecule has 1 aliphatic rings. The number of imidazole rings is 1. The summed E-state index contributed by atoms with van der Waals surface area (Å²) in [6.45, 7) is 7.06. The van der Waals surface area contributed by atoms with Crippen LogP contribution < -0.4 is 10.1 Å². The molecule has 0 saturated heterocycles. The molecule has 1 aromatic heterocycles. The first kappa shape index (κ1) is 25.9. The molecule has 4 rings (SSSR count). The molecule has 0 unspecified atom stereocenters. The van der Waals surface area contributed by atoms with E-state index < -0.39 is 17.7 Å². The molecule has 1 aliphatic carbocycles. The first-order chi connectivity index (χ1) is 16.9. The van der Waals surface area contributed by atoms with Crippen LogP contribution in [-0.2, 0) is 11.0 Å². The van der Waals surface area contributed by atoms with Gasteiger partial charge in [-0.2, -0.15) is 13.2 Å². The quantitative estimate of drug-likeness (QED) is 0.313. The summed E-state index contributed by atoms with van der Waals surface area (Å²) >= 11 is 0. The third-order valence-corrected chi connectivity index (χ3v) is 6.66. The summed E-state index contributed by atoms with van der Waals surface area (Å²) in [6.07, 6.45) is -0.893. The van der Waals surface area contributed by atoms with E-state index in [1.165, 1.54) is 12.1 Å². The highest BCUT2D eigenvalue weighted by atomic mass is 19.4. The van der Waals surface area contributed by atoms with Crippen LogP contribution in [-0.4, -0.2) is 27.2 Å². The molecule has 3 aromatic rings. The van der Waals surface area contributed by atoms with E-state index in [4.69, 9.17) is 14.8 Å². The zero-order valence-electron chi connectivity index (χ0n) is 20.7. The van der Waals surface area contributed by atoms with Crippen molar-refractivity contribution in [1.29, 1.82) is 0 Å². The van der Waals surface area contributed by atoms with Crippen LogP contribution in [0.1, 0.15) is 64.5 Å². The highest BCUT2D eigenvalue weighted by Crippen LogP contribution is 2.46. The second-order valence-corrected chi connectivity index (χ2v) is 10.6. The Morgan fingerprint density at radius 2 is 1.92 bits per heavy atom. The van der Waals surface area contributed by atoms with Crippen LogP contribution in [0.2, 0.25) is 0 Å². The van der Waals surface area contributed by atoms with Gasteiger partial charge in [0, 0.05) is 24.2 Å². The van der Waals surface area contributed by atoms with E-state index in [-0.39, 0.29) is 24.5 Å². The number of anilines is 2. The third-order valence-electron chi connectivity index (χ3n) is 6.66. The lowest BCUT2D eigenvalue weighted by Crippen LogP contribution is -2.29. The number of aliphatic carboxylic acids is 1. The van der Waals surface area contributed by atoms with Crippen molar-refractivity contribution in [2.45, 2.75) is 65.1 Å². The van der Waals surface area contributed by atoms with E-state index in [2.05, 4.69) is 30.7 Å². The Hall–Kier alpha value is -3.23. The summed E-state index contributed by atoms with van der Waals surface area (Å²) in [5, 5.41) is 12.1. The van der Waals surface area contributed by atoms with Crippen LogP contribution in [0.4, 0.5) is 24.8 Å². The fourth-order valence-corrected chi connectivity index (χ4v) is 5.40. The number of nitrogens with one attached hydrogen (secondary N) is 1. The van der Waals surface area contributed by atoms with Gasteiger partial charge in [0.25, 0.3) is 0 Å². The number of hydrogen-bond donors (Lipinski definition) is 2. The van der Waals surface area contributed by atoms with E-state index in [0.717, 1.165) is 36.9 Å². The number of benzene rings is 2. The lowest BCUT2D eigenvalue weighted by atomic mass is 9.70. The average Bonchev–Trinajstić information content (AvgIpc) is 3.12. The first-order valence-electron chi connectivity index (χ1n) is 12.2. The van der Waals surface area contributed by atoms with Crippen LogP contribution in [0.25, 0.3) is 11.0 Å². The maximum atomic E-state index is 13.0. The van der Waals surface area contributed by atoms with Crippen molar-refractivity contribution < 1.29 is 27.8 Å². The number of carboxylic acids is 1. The fourth-order valence-electron chi connectivity index (χ4n) is 5.40. The maximum absolute atomic E-state index is 13.0. The Kier molecular flexibility index (Phi) is 7.20. The summed E-state index contributed by atoms with van der Waals surface area (Å²) in [5.74, 6) is 0.821. The van der Waals surface area contributed by atoms with E-state index in [9.17, 15) is 18.0 Å². The Labute approximate surface area is 208 Å². The summed E-state index contributed by atoms with van der Waals surface area (Å²) in [7, 11) is 0. The summed E-state index contributed by atoms with van der Waals surface area (Å²) in [4.78, 5) is 15.5. The maximum Gasteiger partial charge on any atom is 0.416 e. The number of halogens is 3. The summed E-state index contributed by atoms with van der Waals surface area (Å²) in [6, 6.07) is 10.7. The number of carboxylic acid groups (broad SMARTS) is 1. The standard InChI is InChI=1S/C27H32F3N3O3/c1-17-13-20(16-26(2,3)15-17)33-23-11-10-21(36-12-4-5-24(34)35)14-22(23)32-25(33)31-19-8-6-18(7-9-19)27(28,29)30/h6-11,14,17,20H,4-5,12-13,15-16H2,1-3H3,(H,31,32)(H,34,35)/t17-,20-/m0/s1. The molecule has 1 saturated carbocycles. The Bertz CT molecular complexity index is 1220. The molecule has 6 nitrogen and oxygen atoms in total. The molecule has 0 amide bonds. The van der Waals surface area contributed by atoms with Gasteiger partial charge in [-0.25, -0.2) is 4.98 Å². The van der Waals surface area contributed by atoms with Gasteiger partial charge < -0.3 is 19.7 Å². The Balaban J connectivity index is 1.67. The molecule has 1 heterocycles. The molecule has 36 heavy (non-hydrogen) atoms. The van der Waals surface area contributed by atoms with E-state index in [0.29, 0.717) is 35.2 Å². The molecule has 0 spiro atoms. The normalized spacial score (nSPS) is 19.8. The molecule has 194 valence electrons. The van der Waals surface area contributed by atoms with Gasteiger partial charge in [-0.05, 0) is 73.4 Å². The SMILES string of the molecule is C[C@H]1C[C@H](n2c(Nc3ccc(C(F)(F)F)cc3)nc3cc(OCCCC(=O)O)ccc32)CC(C)(C)C1. The second-order valence-electron chi connectivity index (χ2n) is 10.6. The number of hydrogen-bond acceptors (Lipinski definition) is 4. The molecule has 0 aliphatic heterocycles.